The van der Waals surface area contributed by atoms with E-state index in [2.05, 4.69) is 10.6 Å². The molecule has 0 bridgehead atoms. The monoisotopic (exact) mass is 328 g/mol. The van der Waals surface area contributed by atoms with Gasteiger partial charge in [-0.15, -0.1) is 0 Å². The molecule has 3 aromatic rings. The van der Waals surface area contributed by atoms with Crippen molar-refractivity contribution in [2.45, 2.75) is 19.9 Å². The van der Waals surface area contributed by atoms with E-state index < -0.39 is 5.91 Å². The minimum Gasteiger partial charge on any atom is -0.425 e. The van der Waals surface area contributed by atoms with Gasteiger partial charge in [0.2, 0.25) is 11.3 Å². The van der Waals surface area contributed by atoms with E-state index in [1.807, 2.05) is 13.8 Å². The van der Waals surface area contributed by atoms with Gasteiger partial charge in [0.05, 0.1) is 11.9 Å². The summed E-state index contributed by atoms with van der Waals surface area (Å²) in [6.45, 7) is 3.46. The molecule has 0 radical (unpaired) electrons. The van der Waals surface area contributed by atoms with E-state index in [0.29, 0.717) is 11.0 Å². The van der Waals surface area contributed by atoms with Crippen molar-refractivity contribution in [3.05, 3.63) is 46.3 Å². The lowest BCUT2D eigenvalue weighted by Crippen LogP contribution is -2.39. The van der Waals surface area contributed by atoms with Gasteiger partial charge >= 0.3 is 5.78 Å². The highest BCUT2D eigenvalue weighted by Gasteiger charge is 2.18. The third kappa shape index (κ3) is 3.01. The number of rotatable bonds is 4. The summed E-state index contributed by atoms with van der Waals surface area (Å²) in [5, 5.41) is 5.69. The zero-order chi connectivity index (χ0) is 17.3. The number of nitrogens with one attached hydrogen (secondary N) is 2. The number of benzene rings is 1. The standard InChI is InChI=1S/C17H16N2O5/c1-9(2)19-14(20)8-18-16(22)13-7-11-15(21)10-5-3-4-6-12(10)23-17(11)24-13/h3-7,9H,8H2,1-2H3,(H,18,22)(H,19,20). The first-order chi connectivity index (χ1) is 11.5. The molecule has 0 spiro atoms. The lowest BCUT2D eigenvalue weighted by atomic mass is 10.2. The normalized spacial score (nSPS) is 11.1. The summed E-state index contributed by atoms with van der Waals surface area (Å²) in [4.78, 5) is 36.0. The molecule has 0 fully saturated rings. The SMILES string of the molecule is CC(C)NC(=O)CNC(=O)c1cc2c(=O)c3ccccc3oc2o1. The van der Waals surface area contributed by atoms with Crippen LogP contribution in [0.15, 0.2) is 44.0 Å². The summed E-state index contributed by atoms with van der Waals surface area (Å²) in [5.74, 6) is -1.01. The predicted octanol–water partition coefficient (Wildman–Crippen LogP) is 1.79. The molecule has 3 rings (SSSR count). The highest BCUT2D eigenvalue weighted by Crippen LogP contribution is 2.21. The molecule has 7 nitrogen and oxygen atoms in total. The number of hydrogen-bond acceptors (Lipinski definition) is 5. The van der Waals surface area contributed by atoms with Gasteiger partial charge in [0.25, 0.3) is 5.91 Å². The third-order valence-corrected chi connectivity index (χ3v) is 3.36. The van der Waals surface area contributed by atoms with Crippen LogP contribution in [0.5, 0.6) is 0 Å². The molecular formula is C17H16N2O5. The van der Waals surface area contributed by atoms with E-state index in [4.69, 9.17) is 8.83 Å². The Balaban J connectivity index is 1.87. The molecule has 2 heterocycles. The minimum absolute atomic E-state index is 0.0181. The molecule has 2 N–H and O–H groups in total. The smallest absolute Gasteiger partial charge is 0.302 e. The van der Waals surface area contributed by atoms with Crippen molar-refractivity contribution in [1.29, 1.82) is 0 Å². The van der Waals surface area contributed by atoms with Crippen molar-refractivity contribution in [1.82, 2.24) is 10.6 Å². The summed E-state index contributed by atoms with van der Waals surface area (Å²) in [5.41, 5.74) is 0.111. The Labute approximate surface area is 136 Å². The predicted molar refractivity (Wildman–Crippen MR) is 87.9 cm³/mol. The van der Waals surface area contributed by atoms with Gasteiger partial charge in [0.1, 0.15) is 11.0 Å². The Hall–Kier alpha value is -3.09. The van der Waals surface area contributed by atoms with Crippen LogP contribution in [0.3, 0.4) is 0 Å². The van der Waals surface area contributed by atoms with Gasteiger partial charge < -0.3 is 19.5 Å². The number of amides is 2. The fraction of sp³-hybridized carbons (Fsp3) is 0.235. The van der Waals surface area contributed by atoms with Gasteiger partial charge in [-0.3, -0.25) is 14.4 Å². The lowest BCUT2D eigenvalue weighted by Gasteiger charge is -2.08. The van der Waals surface area contributed by atoms with Gasteiger partial charge in [-0.05, 0) is 26.0 Å². The Kier molecular flexibility index (Phi) is 4.07. The van der Waals surface area contributed by atoms with Crippen molar-refractivity contribution < 1.29 is 18.4 Å². The molecule has 7 heteroatoms. The second-order valence-corrected chi connectivity index (χ2v) is 5.64. The largest absolute Gasteiger partial charge is 0.425 e. The van der Waals surface area contributed by atoms with Crippen LogP contribution in [-0.4, -0.2) is 24.4 Å². The number of hydrogen-bond donors (Lipinski definition) is 2. The molecule has 0 atom stereocenters. The average molecular weight is 328 g/mol. The Morgan fingerprint density at radius 1 is 1.12 bits per heavy atom. The van der Waals surface area contributed by atoms with Crippen molar-refractivity contribution in [3.63, 3.8) is 0 Å². The highest BCUT2D eigenvalue weighted by atomic mass is 16.5. The average Bonchev–Trinajstić information content (AvgIpc) is 2.96. The van der Waals surface area contributed by atoms with Crippen molar-refractivity contribution >= 4 is 33.9 Å². The number of fused-ring (bicyclic) bond motifs is 2. The zero-order valence-corrected chi connectivity index (χ0v) is 13.2. The fourth-order valence-corrected chi connectivity index (χ4v) is 2.33. The molecule has 0 aliphatic rings. The summed E-state index contributed by atoms with van der Waals surface area (Å²) in [6, 6.07) is 8.06. The minimum atomic E-state index is -0.594. The van der Waals surface area contributed by atoms with Gasteiger partial charge in [-0.2, -0.15) is 0 Å². The van der Waals surface area contributed by atoms with E-state index >= 15 is 0 Å². The second-order valence-electron chi connectivity index (χ2n) is 5.64. The number of furan rings is 1. The van der Waals surface area contributed by atoms with E-state index in [9.17, 15) is 14.4 Å². The van der Waals surface area contributed by atoms with Gasteiger partial charge in [-0.25, -0.2) is 0 Å². The van der Waals surface area contributed by atoms with E-state index in [1.165, 1.54) is 6.07 Å². The van der Waals surface area contributed by atoms with Gasteiger partial charge in [-0.1, -0.05) is 12.1 Å². The van der Waals surface area contributed by atoms with Crippen LogP contribution >= 0.6 is 0 Å². The van der Waals surface area contributed by atoms with E-state index in [1.54, 1.807) is 24.3 Å². The summed E-state index contributed by atoms with van der Waals surface area (Å²) in [6.07, 6.45) is 0. The van der Waals surface area contributed by atoms with E-state index in [-0.39, 0.29) is 40.8 Å². The first kappa shape index (κ1) is 15.8. The van der Waals surface area contributed by atoms with Crippen LogP contribution in [0.25, 0.3) is 22.1 Å². The maximum absolute atomic E-state index is 12.4. The summed E-state index contributed by atoms with van der Waals surface area (Å²) in [7, 11) is 0. The molecule has 0 aliphatic carbocycles. The first-order valence-electron chi connectivity index (χ1n) is 7.48. The molecular weight excluding hydrogens is 312 g/mol. The van der Waals surface area contributed by atoms with Gasteiger partial charge in [0.15, 0.2) is 5.76 Å². The fourth-order valence-electron chi connectivity index (χ4n) is 2.33. The lowest BCUT2D eigenvalue weighted by molar-refractivity contribution is -0.120. The quantitative estimate of drug-likeness (QED) is 0.760. The Morgan fingerprint density at radius 2 is 1.88 bits per heavy atom. The van der Waals surface area contributed by atoms with Gasteiger partial charge in [0, 0.05) is 12.1 Å². The van der Waals surface area contributed by atoms with Crippen molar-refractivity contribution in [3.8, 4) is 0 Å². The van der Waals surface area contributed by atoms with Crippen LogP contribution in [0.1, 0.15) is 24.4 Å². The molecule has 2 aromatic heterocycles. The number of carbonyl (C=O) groups is 2. The highest BCUT2D eigenvalue weighted by molar-refractivity contribution is 5.98. The van der Waals surface area contributed by atoms with Crippen LogP contribution in [0.4, 0.5) is 0 Å². The van der Waals surface area contributed by atoms with Crippen LogP contribution < -0.4 is 16.1 Å². The van der Waals surface area contributed by atoms with Crippen molar-refractivity contribution in [2.24, 2.45) is 0 Å². The molecule has 0 unspecified atom stereocenters. The number of carbonyl (C=O) groups excluding carboxylic acids is 2. The Morgan fingerprint density at radius 3 is 2.62 bits per heavy atom. The molecule has 1 aromatic carbocycles. The molecule has 0 saturated carbocycles. The Bertz CT molecular complexity index is 983. The van der Waals surface area contributed by atoms with Crippen LogP contribution in [-0.2, 0) is 4.79 Å². The first-order valence-corrected chi connectivity index (χ1v) is 7.48. The van der Waals surface area contributed by atoms with Crippen LogP contribution in [0.2, 0.25) is 0 Å². The molecule has 0 saturated heterocycles. The third-order valence-electron chi connectivity index (χ3n) is 3.36. The topological polar surface area (TPSA) is 102 Å². The molecule has 0 aliphatic heterocycles. The molecule has 24 heavy (non-hydrogen) atoms. The maximum atomic E-state index is 12.4. The summed E-state index contributed by atoms with van der Waals surface area (Å²) >= 11 is 0. The maximum Gasteiger partial charge on any atom is 0.302 e. The second kappa shape index (κ2) is 6.19. The van der Waals surface area contributed by atoms with E-state index in [0.717, 1.165) is 0 Å². The molecule has 2 amide bonds. The zero-order valence-electron chi connectivity index (χ0n) is 13.2. The summed E-state index contributed by atoms with van der Waals surface area (Å²) < 4.78 is 10.8. The molecule has 124 valence electrons. The van der Waals surface area contributed by atoms with Crippen molar-refractivity contribution in [2.75, 3.05) is 6.54 Å². The van der Waals surface area contributed by atoms with Crippen LogP contribution in [0, 0.1) is 0 Å². The number of para-hydroxylation sites is 1.